The first-order valence-corrected chi connectivity index (χ1v) is 4.27. The largest absolute Gasteiger partial charge is 0.466 e. The highest BCUT2D eigenvalue weighted by atomic mass is 19.2. The molecule has 15 heavy (non-hydrogen) atoms. The number of benzene rings is 1. The third-order valence-electron chi connectivity index (χ3n) is 1.74. The van der Waals surface area contributed by atoms with Crippen LogP contribution in [0.3, 0.4) is 0 Å². The lowest BCUT2D eigenvalue weighted by molar-refractivity contribution is -0.140. The first kappa shape index (κ1) is 11.6. The molecule has 0 aliphatic carbocycles. The molecule has 2 nitrogen and oxygen atoms in total. The Morgan fingerprint density at radius 1 is 1.27 bits per heavy atom. The van der Waals surface area contributed by atoms with Crippen molar-refractivity contribution >= 4 is 5.97 Å². The van der Waals surface area contributed by atoms with Gasteiger partial charge in [0.15, 0.2) is 17.5 Å². The molecule has 0 aliphatic rings. The van der Waals surface area contributed by atoms with Gasteiger partial charge in [-0.3, -0.25) is 4.79 Å². The molecule has 0 radical (unpaired) electrons. The van der Waals surface area contributed by atoms with Crippen LogP contribution in [0.2, 0.25) is 0 Å². The third kappa shape index (κ3) is 3.27. The Morgan fingerprint density at radius 2 is 1.80 bits per heavy atom. The Labute approximate surface area is 84.7 Å². The van der Waals surface area contributed by atoms with Gasteiger partial charge in [-0.25, -0.2) is 13.2 Å². The Balaban J connectivity index is 2.66. The molecule has 1 aromatic carbocycles. The molecule has 0 amide bonds. The summed E-state index contributed by atoms with van der Waals surface area (Å²) in [7, 11) is 0. The van der Waals surface area contributed by atoms with Crippen molar-refractivity contribution in [2.45, 2.75) is 13.3 Å². The number of hydrogen-bond donors (Lipinski definition) is 0. The maximum atomic E-state index is 12.7. The van der Waals surface area contributed by atoms with Gasteiger partial charge in [-0.05, 0) is 17.7 Å². The zero-order valence-electron chi connectivity index (χ0n) is 8.02. The van der Waals surface area contributed by atoms with Crippen LogP contribution in [-0.4, -0.2) is 12.6 Å². The number of esters is 1. The van der Waals surface area contributed by atoms with Crippen LogP contribution in [0, 0.1) is 17.5 Å². The van der Waals surface area contributed by atoms with Crippen molar-refractivity contribution in [3.63, 3.8) is 0 Å². The van der Waals surface area contributed by atoms with Crippen LogP contribution in [0.5, 0.6) is 0 Å². The van der Waals surface area contributed by atoms with Crippen molar-refractivity contribution in [1.29, 1.82) is 0 Å². The molecule has 0 bridgehead atoms. The van der Waals surface area contributed by atoms with E-state index in [2.05, 4.69) is 4.74 Å². The fourth-order valence-corrected chi connectivity index (χ4v) is 1.06. The van der Waals surface area contributed by atoms with Crippen molar-refractivity contribution in [2.75, 3.05) is 6.61 Å². The minimum atomic E-state index is -1.49. The van der Waals surface area contributed by atoms with E-state index in [4.69, 9.17) is 0 Å². The Kier molecular flexibility index (Phi) is 3.71. The Morgan fingerprint density at radius 3 is 2.27 bits per heavy atom. The average molecular weight is 218 g/mol. The van der Waals surface area contributed by atoms with Gasteiger partial charge in [0.25, 0.3) is 0 Å². The van der Waals surface area contributed by atoms with Crippen LogP contribution in [0.1, 0.15) is 12.5 Å². The van der Waals surface area contributed by atoms with Gasteiger partial charge in [0.05, 0.1) is 6.61 Å². The van der Waals surface area contributed by atoms with E-state index in [0.717, 1.165) is 12.1 Å². The van der Waals surface area contributed by atoms with Crippen LogP contribution < -0.4 is 0 Å². The number of hydrogen-bond acceptors (Lipinski definition) is 2. The zero-order valence-corrected chi connectivity index (χ0v) is 8.02. The van der Waals surface area contributed by atoms with Gasteiger partial charge >= 0.3 is 5.97 Å². The van der Waals surface area contributed by atoms with E-state index in [-0.39, 0.29) is 18.6 Å². The molecule has 0 aromatic heterocycles. The number of ether oxygens (including phenoxy) is 1. The summed E-state index contributed by atoms with van der Waals surface area (Å²) in [5.41, 5.74) is 0.243. The van der Waals surface area contributed by atoms with Crippen LogP contribution in [-0.2, 0) is 16.0 Å². The molecule has 0 atom stereocenters. The van der Waals surface area contributed by atoms with Crippen molar-refractivity contribution in [2.24, 2.45) is 0 Å². The molecule has 0 N–H and O–H groups in total. The molecular weight excluding hydrogens is 209 g/mol. The summed E-state index contributed by atoms with van der Waals surface area (Å²) in [6.07, 6.45) is 0.147. The van der Waals surface area contributed by atoms with Crippen molar-refractivity contribution in [3.05, 3.63) is 35.1 Å². The average Bonchev–Trinajstić information content (AvgIpc) is 2.13. The fourth-order valence-electron chi connectivity index (χ4n) is 1.06. The topological polar surface area (TPSA) is 26.3 Å². The van der Waals surface area contributed by atoms with Crippen molar-refractivity contribution in [3.8, 4) is 0 Å². The third-order valence-corrected chi connectivity index (χ3v) is 1.74. The van der Waals surface area contributed by atoms with Crippen molar-refractivity contribution < 1.29 is 22.7 Å². The number of halogens is 3. The number of carbonyl (C=O) groups excluding carboxylic acids is 1. The second-order valence-corrected chi connectivity index (χ2v) is 2.96. The molecule has 1 rings (SSSR count). The van der Waals surface area contributed by atoms with E-state index in [1.54, 1.807) is 0 Å². The van der Waals surface area contributed by atoms with Gasteiger partial charge in [-0.2, -0.15) is 0 Å². The van der Waals surface area contributed by atoms with Crippen LogP contribution in [0.4, 0.5) is 13.2 Å². The summed E-state index contributed by atoms with van der Waals surface area (Å²) < 4.78 is 42.5. The number of rotatable bonds is 3. The van der Waals surface area contributed by atoms with E-state index in [1.807, 2.05) is 0 Å². The molecule has 0 saturated carbocycles. The quantitative estimate of drug-likeness (QED) is 0.574. The molecule has 1 aromatic rings. The van der Waals surface area contributed by atoms with Gasteiger partial charge in [0.1, 0.15) is 0 Å². The van der Waals surface area contributed by atoms with E-state index in [9.17, 15) is 18.0 Å². The molecule has 82 valence electrons. The normalized spacial score (nSPS) is 10.1. The van der Waals surface area contributed by atoms with E-state index in [1.165, 1.54) is 6.92 Å². The summed E-state index contributed by atoms with van der Waals surface area (Å²) in [6.45, 7) is 1.24. The maximum absolute atomic E-state index is 12.7. The molecular formula is C10H9F3O2. The second-order valence-electron chi connectivity index (χ2n) is 2.96. The van der Waals surface area contributed by atoms with Gasteiger partial charge < -0.3 is 4.74 Å². The predicted molar refractivity (Wildman–Crippen MR) is 46.7 cm³/mol. The highest BCUT2D eigenvalue weighted by Crippen LogP contribution is 2.13. The zero-order chi connectivity index (χ0) is 11.4. The summed E-state index contributed by atoms with van der Waals surface area (Å²) in [5, 5.41) is 0. The SMILES string of the molecule is CC(=O)OCCc1cc(F)c(F)c(F)c1. The number of carbonyl (C=O) groups is 1. The van der Waals surface area contributed by atoms with E-state index in [0.29, 0.717) is 0 Å². The molecule has 5 heteroatoms. The smallest absolute Gasteiger partial charge is 0.302 e. The maximum Gasteiger partial charge on any atom is 0.302 e. The first-order chi connectivity index (χ1) is 7.00. The summed E-state index contributed by atoms with van der Waals surface area (Å²) in [5.74, 6) is -4.45. The predicted octanol–water partition coefficient (Wildman–Crippen LogP) is 2.21. The summed E-state index contributed by atoms with van der Waals surface area (Å²) in [6, 6.07) is 1.75. The second kappa shape index (κ2) is 4.82. The lowest BCUT2D eigenvalue weighted by Gasteiger charge is -2.03. The summed E-state index contributed by atoms with van der Waals surface area (Å²) >= 11 is 0. The lowest BCUT2D eigenvalue weighted by Crippen LogP contribution is -2.04. The van der Waals surface area contributed by atoms with Crippen LogP contribution >= 0.6 is 0 Å². The van der Waals surface area contributed by atoms with Crippen molar-refractivity contribution in [1.82, 2.24) is 0 Å². The van der Waals surface area contributed by atoms with Gasteiger partial charge in [0.2, 0.25) is 0 Å². The Bertz CT molecular complexity index is 354. The van der Waals surface area contributed by atoms with Gasteiger partial charge in [-0.1, -0.05) is 0 Å². The molecule has 0 fully saturated rings. The molecule has 0 aliphatic heterocycles. The Hall–Kier alpha value is -1.52. The molecule has 0 spiro atoms. The highest BCUT2D eigenvalue weighted by Gasteiger charge is 2.10. The molecule has 0 heterocycles. The monoisotopic (exact) mass is 218 g/mol. The standard InChI is InChI=1S/C10H9F3O2/c1-6(14)15-3-2-7-4-8(11)10(13)9(12)5-7/h4-5H,2-3H2,1H3. The van der Waals surface area contributed by atoms with Crippen LogP contribution in [0.15, 0.2) is 12.1 Å². The molecule has 0 unspecified atom stereocenters. The fraction of sp³-hybridized carbons (Fsp3) is 0.300. The van der Waals surface area contributed by atoms with E-state index < -0.39 is 23.4 Å². The first-order valence-electron chi connectivity index (χ1n) is 4.27. The summed E-state index contributed by atoms with van der Waals surface area (Å²) in [4.78, 5) is 10.4. The minimum Gasteiger partial charge on any atom is -0.466 e. The van der Waals surface area contributed by atoms with Gasteiger partial charge in [0, 0.05) is 13.3 Å². The molecule has 0 saturated heterocycles. The highest BCUT2D eigenvalue weighted by molar-refractivity contribution is 5.65. The minimum absolute atomic E-state index is 0.0137. The lowest BCUT2D eigenvalue weighted by atomic mass is 10.1. The van der Waals surface area contributed by atoms with Gasteiger partial charge in [-0.15, -0.1) is 0 Å². The van der Waals surface area contributed by atoms with Crippen LogP contribution in [0.25, 0.3) is 0 Å². The van der Waals surface area contributed by atoms with E-state index >= 15 is 0 Å².